The second kappa shape index (κ2) is 7.53. The Morgan fingerprint density at radius 3 is 2.81 bits per heavy atom. The first-order chi connectivity index (χ1) is 13.1. The molecule has 0 unspecified atom stereocenters. The Hall–Kier alpha value is -2.66. The number of anilines is 1. The van der Waals surface area contributed by atoms with Gasteiger partial charge in [0.25, 0.3) is 5.91 Å². The largest absolute Gasteiger partial charge is 0.334 e. The molecule has 0 radical (unpaired) electrons. The molecule has 0 N–H and O–H groups in total. The summed E-state index contributed by atoms with van der Waals surface area (Å²) in [6.07, 6.45) is 7.89. The second-order valence-corrected chi connectivity index (χ2v) is 7.21. The topological polar surface area (TPSA) is 53.5 Å². The van der Waals surface area contributed by atoms with Gasteiger partial charge in [0, 0.05) is 44.1 Å². The lowest BCUT2D eigenvalue weighted by Crippen LogP contribution is -2.35. The van der Waals surface area contributed by atoms with Gasteiger partial charge in [-0.3, -0.25) is 14.6 Å². The average molecular weight is 382 g/mol. The van der Waals surface area contributed by atoms with E-state index < -0.39 is 0 Å². The van der Waals surface area contributed by atoms with Crippen molar-refractivity contribution in [2.75, 3.05) is 24.5 Å². The molecule has 1 saturated heterocycles. The summed E-state index contributed by atoms with van der Waals surface area (Å²) in [7, 11) is 0. The van der Waals surface area contributed by atoms with Crippen LogP contribution in [0.1, 0.15) is 35.2 Å². The van der Waals surface area contributed by atoms with E-state index in [9.17, 15) is 9.59 Å². The molecule has 138 valence electrons. The summed E-state index contributed by atoms with van der Waals surface area (Å²) in [5.74, 6) is -0.0153. The van der Waals surface area contributed by atoms with Crippen molar-refractivity contribution in [2.45, 2.75) is 19.3 Å². The number of benzene rings is 1. The Morgan fingerprint density at radius 1 is 1.19 bits per heavy atom. The SMILES string of the molecule is O=C(c1cc(N2CCCC2=O)ccc1Cl)N1CCC=C(c2cccnc2)C1. The first-order valence-electron chi connectivity index (χ1n) is 9.12. The molecule has 1 aromatic heterocycles. The van der Waals surface area contributed by atoms with Crippen molar-refractivity contribution in [1.82, 2.24) is 9.88 Å². The summed E-state index contributed by atoms with van der Waals surface area (Å²) in [6.45, 7) is 1.85. The van der Waals surface area contributed by atoms with Crippen LogP contribution in [0.25, 0.3) is 5.57 Å². The fraction of sp³-hybridized carbons (Fsp3) is 0.286. The number of carbonyl (C=O) groups excluding carboxylic acids is 2. The average Bonchev–Trinajstić information content (AvgIpc) is 3.14. The quantitative estimate of drug-likeness (QED) is 0.812. The third-order valence-corrected chi connectivity index (χ3v) is 5.37. The number of pyridine rings is 1. The van der Waals surface area contributed by atoms with Gasteiger partial charge in [0.1, 0.15) is 0 Å². The summed E-state index contributed by atoms with van der Waals surface area (Å²) < 4.78 is 0. The van der Waals surface area contributed by atoms with Gasteiger partial charge in [-0.05, 0) is 48.2 Å². The third kappa shape index (κ3) is 3.60. The molecule has 6 heteroatoms. The van der Waals surface area contributed by atoms with E-state index in [4.69, 9.17) is 11.6 Å². The minimum atomic E-state index is -0.108. The summed E-state index contributed by atoms with van der Waals surface area (Å²) in [4.78, 5) is 32.9. The Morgan fingerprint density at radius 2 is 2.07 bits per heavy atom. The number of hydrogen-bond donors (Lipinski definition) is 0. The van der Waals surface area contributed by atoms with Gasteiger partial charge in [-0.25, -0.2) is 0 Å². The van der Waals surface area contributed by atoms with Crippen molar-refractivity contribution in [1.29, 1.82) is 0 Å². The number of halogens is 1. The third-order valence-electron chi connectivity index (χ3n) is 5.04. The van der Waals surface area contributed by atoms with Crippen LogP contribution in [0.15, 0.2) is 48.8 Å². The zero-order valence-corrected chi connectivity index (χ0v) is 15.7. The highest BCUT2D eigenvalue weighted by atomic mass is 35.5. The summed E-state index contributed by atoms with van der Waals surface area (Å²) >= 11 is 6.33. The molecule has 0 aliphatic carbocycles. The molecule has 1 fully saturated rings. The van der Waals surface area contributed by atoms with Crippen LogP contribution in [0.2, 0.25) is 5.02 Å². The molecule has 4 rings (SSSR count). The van der Waals surface area contributed by atoms with E-state index in [1.807, 2.05) is 18.3 Å². The molecule has 2 aliphatic heterocycles. The standard InChI is InChI=1S/C21H20ClN3O2/c22-19-8-7-17(25-11-3-6-20(25)26)12-18(19)21(27)24-10-2-5-16(14-24)15-4-1-9-23-13-15/h1,4-5,7-9,12-13H,2-3,6,10-11,14H2. The smallest absolute Gasteiger partial charge is 0.255 e. The van der Waals surface area contributed by atoms with E-state index in [2.05, 4.69) is 11.1 Å². The van der Waals surface area contributed by atoms with Crippen molar-refractivity contribution in [3.8, 4) is 0 Å². The molecule has 1 aromatic carbocycles. The fourth-order valence-corrected chi connectivity index (χ4v) is 3.81. The zero-order chi connectivity index (χ0) is 18.8. The Labute approximate surface area is 163 Å². The van der Waals surface area contributed by atoms with E-state index in [0.717, 1.165) is 29.7 Å². The zero-order valence-electron chi connectivity index (χ0n) is 14.9. The van der Waals surface area contributed by atoms with Crippen LogP contribution in [0.3, 0.4) is 0 Å². The molecule has 5 nitrogen and oxygen atoms in total. The van der Waals surface area contributed by atoms with Gasteiger partial charge >= 0.3 is 0 Å². The molecular weight excluding hydrogens is 362 g/mol. The van der Waals surface area contributed by atoms with Gasteiger partial charge in [0.15, 0.2) is 0 Å². The maximum atomic E-state index is 13.1. The molecule has 0 bridgehead atoms. The highest BCUT2D eigenvalue weighted by molar-refractivity contribution is 6.34. The number of hydrogen-bond acceptors (Lipinski definition) is 3. The van der Waals surface area contributed by atoms with E-state index in [0.29, 0.717) is 36.6 Å². The lowest BCUT2D eigenvalue weighted by atomic mass is 10.0. The minimum Gasteiger partial charge on any atom is -0.334 e. The maximum Gasteiger partial charge on any atom is 0.255 e. The highest BCUT2D eigenvalue weighted by Crippen LogP contribution is 2.29. The van der Waals surface area contributed by atoms with Gasteiger partial charge in [-0.15, -0.1) is 0 Å². The van der Waals surface area contributed by atoms with Gasteiger partial charge in [0.2, 0.25) is 5.91 Å². The summed E-state index contributed by atoms with van der Waals surface area (Å²) in [5, 5.41) is 0.410. The van der Waals surface area contributed by atoms with Crippen LogP contribution in [0, 0.1) is 0 Å². The summed E-state index contributed by atoms with van der Waals surface area (Å²) in [5.41, 5.74) is 3.30. The van der Waals surface area contributed by atoms with Crippen LogP contribution in [0.4, 0.5) is 5.69 Å². The first-order valence-corrected chi connectivity index (χ1v) is 9.50. The highest BCUT2D eigenvalue weighted by Gasteiger charge is 2.26. The molecule has 3 heterocycles. The monoisotopic (exact) mass is 381 g/mol. The van der Waals surface area contributed by atoms with Crippen LogP contribution in [-0.4, -0.2) is 41.3 Å². The van der Waals surface area contributed by atoms with E-state index in [1.165, 1.54) is 0 Å². The maximum absolute atomic E-state index is 13.1. The van der Waals surface area contributed by atoms with Crippen molar-refractivity contribution in [2.24, 2.45) is 0 Å². The number of carbonyl (C=O) groups is 2. The van der Waals surface area contributed by atoms with Gasteiger partial charge in [-0.2, -0.15) is 0 Å². The molecule has 2 amide bonds. The first kappa shape index (κ1) is 17.7. The molecule has 27 heavy (non-hydrogen) atoms. The van der Waals surface area contributed by atoms with Gasteiger partial charge < -0.3 is 9.80 Å². The predicted molar refractivity (Wildman–Crippen MR) is 106 cm³/mol. The second-order valence-electron chi connectivity index (χ2n) is 6.80. The molecule has 0 saturated carbocycles. The predicted octanol–water partition coefficient (Wildman–Crippen LogP) is 3.79. The van der Waals surface area contributed by atoms with Crippen molar-refractivity contribution in [3.63, 3.8) is 0 Å². The van der Waals surface area contributed by atoms with Crippen molar-refractivity contribution >= 4 is 34.7 Å². The Balaban J connectivity index is 1.57. The molecular formula is C21H20ClN3O2. The van der Waals surface area contributed by atoms with Gasteiger partial charge in [0.05, 0.1) is 10.6 Å². The number of nitrogens with zero attached hydrogens (tertiary/aromatic N) is 3. The number of rotatable bonds is 3. The lowest BCUT2D eigenvalue weighted by molar-refractivity contribution is -0.117. The Kier molecular flexibility index (Phi) is 4.94. The molecule has 0 spiro atoms. The lowest BCUT2D eigenvalue weighted by Gasteiger charge is -2.28. The van der Waals surface area contributed by atoms with Crippen LogP contribution in [-0.2, 0) is 4.79 Å². The fourth-order valence-electron chi connectivity index (χ4n) is 3.62. The number of amides is 2. The Bertz CT molecular complexity index is 911. The van der Waals surface area contributed by atoms with Crippen molar-refractivity contribution in [3.05, 3.63) is 65.0 Å². The molecule has 0 atom stereocenters. The van der Waals surface area contributed by atoms with E-state index >= 15 is 0 Å². The van der Waals surface area contributed by atoms with Crippen molar-refractivity contribution < 1.29 is 9.59 Å². The van der Waals surface area contributed by atoms with Gasteiger partial charge in [-0.1, -0.05) is 23.7 Å². The number of aromatic nitrogens is 1. The van der Waals surface area contributed by atoms with E-state index in [-0.39, 0.29) is 11.8 Å². The van der Waals surface area contributed by atoms with Crippen LogP contribution >= 0.6 is 11.6 Å². The van der Waals surface area contributed by atoms with Crippen LogP contribution < -0.4 is 4.90 Å². The molecule has 2 aromatic rings. The van der Waals surface area contributed by atoms with Crippen LogP contribution in [0.5, 0.6) is 0 Å². The summed E-state index contributed by atoms with van der Waals surface area (Å²) in [6, 6.07) is 9.15. The normalized spacial score (nSPS) is 17.2. The molecule has 2 aliphatic rings. The minimum absolute atomic E-state index is 0.0930. The van der Waals surface area contributed by atoms with E-state index in [1.54, 1.807) is 34.2 Å².